The maximum absolute atomic E-state index is 12.7. The van der Waals surface area contributed by atoms with E-state index in [0.29, 0.717) is 31.1 Å². The van der Waals surface area contributed by atoms with E-state index < -0.39 is 10.0 Å². The standard InChI is InChI=1S/C19H31N3O3S/c1-4-22(5-2)26(24,25)17-9-8-15(3)18(13-17)19(23)21-12-10-16-7-6-11-20-14-16/h8-9,13,16,20H,4-7,10-12,14H2,1-3H3,(H,21,23). The molecule has 1 aliphatic rings. The molecule has 7 heteroatoms. The molecule has 0 aromatic heterocycles. The van der Waals surface area contributed by atoms with Crippen LogP contribution in [0.25, 0.3) is 0 Å². The molecule has 0 bridgehead atoms. The predicted molar refractivity (Wildman–Crippen MR) is 104 cm³/mol. The van der Waals surface area contributed by atoms with E-state index in [-0.39, 0.29) is 10.8 Å². The average Bonchev–Trinajstić information content (AvgIpc) is 2.63. The Balaban J connectivity index is 2.07. The minimum Gasteiger partial charge on any atom is -0.352 e. The summed E-state index contributed by atoms with van der Waals surface area (Å²) in [6.45, 7) is 8.95. The Hall–Kier alpha value is -1.44. The molecule has 1 saturated heterocycles. The Morgan fingerprint density at radius 1 is 1.31 bits per heavy atom. The van der Waals surface area contributed by atoms with E-state index in [9.17, 15) is 13.2 Å². The van der Waals surface area contributed by atoms with Crippen LogP contribution in [0.2, 0.25) is 0 Å². The van der Waals surface area contributed by atoms with Gasteiger partial charge < -0.3 is 10.6 Å². The van der Waals surface area contributed by atoms with Gasteiger partial charge >= 0.3 is 0 Å². The molecule has 2 rings (SSSR count). The highest BCUT2D eigenvalue weighted by atomic mass is 32.2. The number of nitrogens with one attached hydrogen (secondary N) is 2. The summed E-state index contributed by atoms with van der Waals surface area (Å²) in [5, 5.41) is 6.32. The number of hydrogen-bond donors (Lipinski definition) is 2. The van der Waals surface area contributed by atoms with E-state index in [2.05, 4.69) is 10.6 Å². The zero-order valence-corrected chi connectivity index (χ0v) is 16.9. The van der Waals surface area contributed by atoms with Crippen molar-refractivity contribution in [3.63, 3.8) is 0 Å². The number of nitrogens with zero attached hydrogens (tertiary/aromatic N) is 1. The van der Waals surface area contributed by atoms with Gasteiger partial charge in [-0.2, -0.15) is 4.31 Å². The topological polar surface area (TPSA) is 78.5 Å². The van der Waals surface area contributed by atoms with E-state index in [1.54, 1.807) is 12.1 Å². The third-order valence-electron chi connectivity index (χ3n) is 5.03. The van der Waals surface area contributed by atoms with Gasteiger partial charge in [0.1, 0.15) is 0 Å². The normalized spacial score (nSPS) is 18.1. The van der Waals surface area contributed by atoms with Crippen LogP contribution in [-0.2, 0) is 10.0 Å². The van der Waals surface area contributed by atoms with E-state index in [1.807, 2.05) is 20.8 Å². The van der Waals surface area contributed by atoms with Crippen molar-refractivity contribution >= 4 is 15.9 Å². The number of carbonyl (C=O) groups is 1. The quantitative estimate of drug-likeness (QED) is 0.723. The fraction of sp³-hybridized carbons (Fsp3) is 0.632. The van der Waals surface area contributed by atoms with E-state index in [4.69, 9.17) is 0 Å². The number of amides is 1. The Morgan fingerprint density at radius 2 is 2.04 bits per heavy atom. The molecule has 1 aliphatic heterocycles. The first-order valence-electron chi connectivity index (χ1n) is 9.49. The number of carbonyl (C=O) groups excluding carboxylic acids is 1. The lowest BCUT2D eigenvalue weighted by Crippen LogP contribution is -2.33. The van der Waals surface area contributed by atoms with Crippen molar-refractivity contribution in [3.8, 4) is 0 Å². The number of hydrogen-bond acceptors (Lipinski definition) is 4. The molecular weight excluding hydrogens is 350 g/mol. The maximum atomic E-state index is 12.7. The lowest BCUT2D eigenvalue weighted by Gasteiger charge is -2.22. The molecule has 146 valence electrons. The molecule has 1 atom stereocenters. The van der Waals surface area contributed by atoms with Crippen LogP contribution < -0.4 is 10.6 Å². The van der Waals surface area contributed by atoms with Crippen molar-refractivity contribution < 1.29 is 13.2 Å². The molecule has 1 fully saturated rings. The summed E-state index contributed by atoms with van der Waals surface area (Å²) >= 11 is 0. The zero-order chi connectivity index (χ0) is 19.2. The molecular formula is C19H31N3O3S. The second kappa shape index (κ2) is 9.48. The van der Waals surface area contributed by atoms with Crippen LogP contribution in [0.4, 0.5) is 0 Å². The van der Waals surface area contributed by atoms with Crippen molar-refractivity contribution in [2.75, 3.05) is 32.7 Å². The summed E-state index contributed by atoms with van der Waals surface area (Å²) in [7, 11) is -3.57. The van der Waals surface area contributed by atoms with Crippen LogP contribution >= 0.6 is 0 Å². The summed E-state index contributed by atoms with van der Waals surface area (Å²) in [6.07, 6.45) is 3.32. The number of aryl methyl sites for hydroxylation is 1. The smallest absolute Gasteiger partial charge is 0.251 e. The SMILES string of the molecule is CCN(CC)S(=O)(=O)c1ccc(C)c(C(=O)NCCC2CCCNC2)c1. The molecule has 0 spiro atoms. The second-order valence-electron chi connectivity index (χ2n) is 6.82. The van der Waals surface area contributed by atoms with E-state index >= 15 is 0 Å². The van der Waals surface area contributed by atoms with Crippen LogP contribution in [0, 0.1) is 12.8 Å². The highest BCUT2D eigenvalue weighted by Crippen LogP contribution is 2.20. The first-order valence-corrected chi connectivity index (χ1v) is 10.9. The van der Waals surface area contributed by atoms with Crippen molar-refractivity contribution in [1.29, 1.82) is 0 Å². The molecule has 1 aromatic carbocycles. The van der Waals surface area contributed by atoms with Crippen molar-refractivity contribution in [2.24, 2.45) is 5.92 Å². The molecule has 26 heavy (non-hydrogen) atoms. The van der Waals surface area contributed by atoms with Gasteiger partial charge in [0.25, 0.3) is 5.91 Å². The van der Waals surface area contributed by atoms with Gasteiger partial charge in [-0.15, -0.1) is 0 Å². The molecule has 0 saturated carbocycles. The molecule has 1 unspecified atom stereocenters. The van der Waals surface area contributed by atoms with Crippen molar-refractivity contribution in [2.45, 2.75) is 44.9 Å². The average molecular weight is 382 g/mol. The van der Waals surface area contributed by atoms with Gasteiger partial charge in [-0.1, -0.05) is 19.9 Å². The number of piperidine rings is 1. The largest absolute Gasteiger partial charge is 0.352 e. The zero-order valence-electron chi connectivity index (χ0n) is 16.0. The van der Waals surface area contributed by atoms with Crippen molar-refractivity contribution in [3.05, 3.63) is 29.3 Å². The van der Waals surface area contributed by atoms with Gasteiger partial charge in [0, 0.05) is 25.2 Å². The van der Waals surface area contributed by atoms with Gasteiger partial charge in [-0.05, 0) is 62.9 Å². The Labute approximate surface area is 157 Å². The van der Waals surface area contributed by atoms with Gasteiger partial charge in [0.15, 0.2) is 0 Å². The van der Waals surface area contributed by atoms with Gasteiger partial charge in [0.05, 0.1) is 4.90 Å². The summed E-state index contributed by atoms with van der Waals surface area (Å²) in [5.74, 6) is 0.391. The molecule has 0 aliphatic carbocycles. The fourth-order valence-electron chi connectivity index (χ4n) is 3.37. The van der Waals surface area contributed by atoms with Crippen molar-refractivity contribution in [1.82, 2.24) is 14.9 Å². The Kier molecular flexibility index (Phi) is 7.61. The highest BCUT2D eigenvalue weighted by Gasteiger charge is 2.23. The fourth-order valence-corrected chi connectivity index (χ4v) is 4.86. The first kappa shape index (κ1) is 20.9. The van der Waals surface area contributed by atoms with Crippen LogP contribution in [-0.4, -0.2) is 51.4 Å². The first-order chi connectivity index (χ1) is 12.4. The molecule has 1 amide bonds. The van der Waals surface area contributed by atoms with E-state index in [1.165, 1.54) is 23.2 Å². The monoisotopic (exact) mass is 381 g/mol. The number of sulfonamides is 1. The van der Waals surface area contributed by atoms with Gasteiger partial charge in [0.2, 0.25) is 10.0 Å². The maximum Gasteiger partial charge on any atom is 0.251 e. The molecule has 6 nitrogen and oxygen atoms in total. The summed E-state index contributed by atoms with van der Waals surface area (Å²) in [6, 6.07) is 4.78. The van der Waals surface area contributed by atoms with Gasteiger partial charge in [-0.25, -0.2) is 8.42 Å². The summed E-state index contributed by atoms with van der Waals surface area (Å²) < 4.78 is 26.8. The lowest BCUT2D eigenvalue weighted by atomic mass is 9.96. The van der Waals surface area contributed by atoms with Crippen LogP contribution in [0.15, 0.2) is 23.1 Å². The van der Waals surface area contributed by atoms with Crippen LogP contribution in [0.5, 0.6) is 0 Å². The summed E-state index contributed by atoms with van der Waals surface area (Å²) in [4.78, 5) is 12.7. The molecule has 1 aromatic rings. The van der Waals surface area contributed by atoms with Crippen LogP contribution in [0.1, 0.15) is 49.0 Å². The lowest BCUT2D eigenvalue weighted by molar-refractivity contribution is 0.0950. The minimum absolute atomic E-state index is 0.174. The Morgan fingerprint density at radius 3 is 2.65 bits per heavy atom. The minimum atomic E-state index is -3.57. The second-order valence-corrected chi connectivity index (χ2v) is 8.76. The third kappa shape index (κ3) is 5.05. The number of rotatable bonds is 8. The Bertz CT molecular complexity index is 709. The summed E-state index contributed by atoms with van der Waals surface area (Å²) in [5.41, 5.74) is 1.21. The number of benzene rings is 1. The molecule has 1 heterocycles. The molecule has 2 N–H and O–H groups in total. The predicted octanol–water partition coefficient (Wildman–Crippen LogP) is 2.15. The molecule has 0 radical (unpaired) electrons. The van der Waals surface area contributed by atoms with Crippen LogP contribution in [0.3, 0.4) is 0 Å². The third-order valence-corrected chi connectivity index (χ3v) is 7.08. The van der Waals surface area contributed by atoms with E-state index in [0.717, 1.165) is 25.1 Å². The van der Waals surface area contributed by atoms with Gasteiger partial charge in [-0.3, -0.25) is 4.79 Å². The highest BCUT2D eigenvalue weighted by molar-refractivity contribution is 7.89.